The first-order valence-corrected chi connectivity index (χ1v) is 10.3. The van der Waals surface area contributed by atoms with E-state index in [4.69, 9.17) is 9.47 Å². The zero-order valence-corrected chi connectivity index (χ0v) is 18.5. The lowest BCUT2D eigenvalue weighted by molar-refractivity contribution is -0.274. The number of ether oxygens (including phenoxy) is 3. The summed E-state index contributed by atoms with van der Waals surface area (Å²) >= 11 is 0. The number of pyridine rings is 1. The molecule has 0 spiro atoms. The van der Waals surface area contributed by atoms with Crippen LogP contribution >= 0.6 is 0 Å². The Kier molecular flexibility index (Phi) is 5.62. The minimum atomic E-state index is -4.79. The highest BCUT2D eigenvalue weighted by Crippen LogP contribution is 2.34. The van der Waals surface area contributed by atoms with Gasteiger partial charge in [0.05, 0.1) is 31.2 Å². The van der Waals surface area contributed by atoms with Crippen LogP contribution in [0.3, 0.4) is 0 Å². The van der Waals surface area contributed by atoms with E-state index in [-0.39, 0.29) is 12.3 Å². The molecule has 1 aliphatic heterocycles. The minimum absolute atomic E-state index is 0.262. The van der Waals surface area contributed by atoms with Gasteiger partial charge in [0.25, 0.3) is 0 Å². The van der Waals surface area contributed by atoms with E-state index in [0.717, 1.165) is 29.2 Å². The number of methoxy groups -OCH3 is 2. The molecule has 12 heteroatoms. The molecule has 0 bridgehead atoms. The maximum absolute atomic E-state index is 12.4. The molecule has 35 heavy (non-hydrogen) atoms. The van der Waals surface area contributed by atoms with E-state index in [1.807, 2.05) is 27.3 Å². The Labute approximate surface area is 197 Å². The van der Waals surface area contributed by atoms with E-state index < -0.39 is 12.1 Å². The summed E-state index contributed by atoms with van der Waals surface area (Å²) in [6.45, 7) is 0.630. The van der Waals surface area contributed by atoms with Crippen molar-refractivity contribution >= 4 is 0 Å². The first kappa shape index (κ1) is 22.4. The largest absolute Gasteiger partial charge is 0.573 e. The third kappa shape index (κ3) is 4.41. The van der Waals surface area contributed by atoms with Gasteiger partial charge in [-0.05, 0) is 42.2 Å². The van der Waals surface area contributed by atoms with Crippen LogP contribution in [0.4, 0.5) is 13.2 Å². The molecule has 3 aromatic heterocycles. The fraction of sp³-hybridized carbons (Fsp3) is 0.217. The molecule has 178 valence electrons. The summed E-state index contributed by atoms with van der Waals surface area (Å²) in [6.07, 6.45) is -2.16. The van der Waals surface area contributed by atoms with Crippen LogP contribution < -0.4 is 9.47 Å². The molecule has 0 saturated carbocycles. The first-order valence-electron chi connectivity index (χ1n) is 10.3. The smallest absolute Gasteiger partial charge is 0.497 e. The lowest BCUT2D eigenvalue weighted by atomic mass is 10.1. The molecule has 0 radical (unpaired) electrons. The van der Waals surface area contributed by atoms with Crippen LogP contribution in [0.25, 0.3) is 17.1 Å². The predicted octanol–water partition coefficient (Wildman–Crippen LogP) is 3.34. The molecular formula is C23H17F3N6O3. The van der Waals surface area contributed by atoms with Crippen LogP contribution in [0.2, 0.25) is 0 Å². The number of imidazole rings is 1. The van der Waals surface area contributed by atoms with E-state index in [1.54, 1.807) is 20.5 Å². The number of aromatic nitrogens is 6. The average Bonchev–Trinajstić information content (AvgIpc) is 3.38. The van der Waals surface area contributed by atoms with Gasteiger partial charge < -0.3 is 18.8 Å². The summed E-state index contributed by atoms with van der Waals surface area (Å²) in [4.78, 5) is 8.39. The number of hydrogen-bond donors (Lipinski definition) is 0. The Hall–Kier alpha value is -4.37. The van der Waals surface area contributed by atoms with Gasteiger partial charge in [-0.2, -0.15) is 0 Å². The van der Waals surface area contributed by atoms with Crippen LogP contribution in [0, 0.1) is 11.8 Å². The topological polar surface area (TPSA) is 89.1 Å². The Morgan fingerprint density at radius 2 is 1.86 bits per heavy atom. The molecule has 4 heterocycles. The van der Waals surface area contributed by atoms with Crippen molar-refractivity contribution in [2.45, 2.75) is 19.5 Å². The van der Waals surface area contributed by atoms with Crippen molar-refractivity contribution in [3.8, 4) is 40.4 Å². The second-order valence-corrected chi connectivity index (χ2v) is 7.43. The Balaban J connectivity index is 1.55. The van der Waals surface area contributed by atoms with E-state index in [1.165, 1.54) is 6.07 Å². The van der Waals surface area contributed by atoms with E-state index in [2.05, 4.69) is 36.7 Å². The fourth-order valence-corrected chi connectivity index (χ4v) is 3.73. The maximum atomic E-state index is 12.4. The van der Waals surface area contributed by atoms with Crippen molar-refractivity contribution in [3.63, 3.8) is 0 Å². The Morgan fingerprint density at radius 3 is 2.57 bits per heavy atom. The number of benzene rings is 1. The molecule has 0 N–H and O–H groups in total. The van der Waals surface area contributed by atoms with Gasteiger partial charge >= 0.3 is 6.36 Å². The standard InChI is InChI=1S/C23H17F3N6O3/c1-33-12-21-29-30-22-17-9-15(34-2)6-8-19(17)32-13-28-18(20(32)11-31(21)22)7-4-14-3-5-16(10-27-14)35-23(24,25)26/h3,5-6,8-10,13H,11-12H2,1-2H3. The van der Waals surface area contributed by atoms with Gasteiger partial charge in [0.2, 0.25) is 0 Å². The second kappa shape index (κ2) is 8.77. The summed E-state index contributed by atoms with van der Waals surface area (Å²) < 4.78 is 55.4. The number of rotatable bonds is 4. The number of halogens is 3. The quantitative estimate of drug-likeness (QED) is 0.363. The number of hydrogen-bond acceptors (Lipinski definition) is 7. The van der Waals surface area contributed by atoms with Gasteiger partial charge in [-0.25, -0.2) is 9.97 Å². The van der Waals surface area contributed by atoms with Gasteiger partial charge in [-0.1, -0.05) is 0 Å². The monoisotopic (exact) mass is 482 g/mol. The highest BCUT2D eigenvalue weighted by Gasteiger charge is 2.31. The summed E-state index contributed by atoms with van der Waals surface area (Å²) in [5.41, 5.74) is 3.15. The lowest BCUT2D eigenvalue weighted by Gasteiger charge is -2.09. The van der Waals surface area contributed by atoms with Crippen molar-refractivity contribution < 1.29 is 27.4 Å². The van der Waals surface area contributed by atoms with E-state index in [0.29, 0.717) is 29.6 Å². The number of alkyl halides is 3. The second-order valence-electron chi connectivity index (χ2n) is 7.43. The van der Waals surface area contributed by atoms with Crippen molar-refractivity contribution in [2.75, 3.05) is 14.2 Å². The summed E-state index contributed by atoms with van der Waals surface area (Å²) in [5.74, 6) is 7.35. The lowest BCUT2D eigenvalue weighted by Crippen LogP contribution is -2.17. The third-order valence-corrected chi connectivity index (χ3v) is 5.26. The van der Waals surface area contributed by atoms with Crippen molar-refractivity contribution in [1.82, 2.24) is 29.3 Å². The fourth-order valence-electron chi connectivity index (χ4n) is 3.73. The zero-order chi connectivity index (χ0) is 24.6. The summed E-state index contributed by atoms with van der Waals surface area (Å²) in [7, 11) is 3.17. The molecule has 0 atom stereocenters. The molecule has 0 unspecified atom stereocenters. The average molecular weight is 482 g/mol. The molecule has 5 rings (SSSR count). The molecule has 1 aliphatic rings. The van der Waals surface area contributed by atoms with Crippen LogP contribution in [0.5, 0.6) is 11.5 Å². The highest BCUT2D eigenvalue weighted by atomic mass is 19.4. The predicted molar refractivity (Wildman–Crippen MR) is 116 cm³/mol. The Morgan fingerprint density at radius 1 is 1.03 bits per heavy atom. The molecule has 4 aromatic rings. The van der Waals surface area contributed by atoms with E-state index in [9.17, 15) is 13.2 Å². The molecule has 1 aromatic carbocycles. The van der Waals surface area contributed by atoms with Gasteiger partial charge in [0.1, 0.15) is 35.8 Å². The van der Waals surface area contributed by atoms with Crippen molar-refractivity contribution in [1.29, 1.82) is 0 Å². The van der Waals surface area contributed by atoms with E-state index >= 15 is 0 Å². The zero-order valence-electron chi connectivity index (χ0n) is 18.5. The SMILES string of the molecule is COCc1nnc2n1Cc1c(C#Cc3ccc(OC(F)(F)F)cn3)ncn1-c1ccc(OC)cc1-2. The summed E-state index contributed by atoms with van der Waals surface area (Å²) in [5, 5.41) is 8.65. The normalized spacial score (nSPS) is 12.0. The first-order chi connectivity index (χ1) is 16.9. The van der Waals surface area contributed by atoms with Crippen LogP contribution in [-0.4, -0.2) is 49.9 Å². The molecular weight excluding hydrogens is 465 g/mol. The van der Waals surface area contributed by atoms with Crippen LogP contribution in [-0.2, 0) is 17.9 Å². The number of fused-ring (bicyclic) bond motifs is 5. The van der Waals surface area contributed by atoms with Crippen LogP contribution in [0.15, 0.2) is 42.9 Å². The maximum Gasteiger partial charge on any atom is 0.573 e. The Bertz CT molecular complexity index is 1450. The minimum Gasteiger partial charge on any atom is -0.497 e. The molecule has 9 nitrogen and oxygen atoms in total. The molecule has 0 aliphatic carbocycles. The van der Waals surface area contributed by atoms with Crippen LogP contribution in [0.1, 0.15) is 22.9 Å². The van der Waals surface area contributed by atoms with Crippen molar-refractivity contribution in [3.05, 3.63) is 65.8 Å². The molecule has 0 amide bonds. The summed E-state index contributed by atoms with van der Waals surface area (Å²) in [6, 6.07) is 8.12. The van der Waals surface area contributed by atoms with Gasteiger partial charge in [-0.15, -0.1) is 23.4 Å². The molecule has 0 saturated heterocycles. The van der Waals surface area contributed by atoms with Gasteiger partial charge in [0.15, 0.2) is 11.6 Å². The molecule has 0 fully saturated rings. The van der Waals surface area contributed by atoms with Crippen molar-refractivity contribution in [2.24, 2.45) is 0 Å². The van der Waals surface area contributed by atoms with Gasteiger partial charge in [-0.3, -0.25) is 4.57 Å². The highest BCUT2D eigenvalue weighted by molar-refractivity contribution is 5.71. The third-order valence-electron chi connectivity index (χ3n) is 5.26. The van der Waals surface area contributed by atoms with Gasteiger partial charge in [0, 0.05) is 12.7 Å². The number of nitrogens with zero attached hydrogens (tertiary/aromatic N) is 6.